The van der Waals surface area contributed by atoms with Crippen molar-refractivity contribution >= 4 is 5.91 Å². The normalized spacial score (nSPS) is 19.1. The Labute approximate surface area is 166 Å². The molecule has 0 radical (unpaired) electrons. The lowest BCUT2D eigenvalue weighted by Gasteiger charge is -2.31. The van der Waals surface area contributed by atoms with Crippen LogP contribution in [0, 0.1) is 5.92 Å². The van der Waals surface area contributed by atoms with Gasteiger partial charge in [-0.2, -0.15) is 4.98 Å². The first kappa shape index (κ1) is 19.1. The average Bonchev–Trinajstić information content (AvgIpc) is 3.22. The fourth-order valence-corrected chi connectivity index (χ4v) is 4.16. The number of aryl methyl sites for hydroxylation is 1. The number of rotatable bonds is 6. The number of piperidine rings is 1. The molecule has 1 amide bonds. The molecule has 3 heterocycles. The monoisotopic (exact) mass is 383 g/mol. The van der Waals surface area contributed by atoms with Crippen LogP contribution in [0.4, 0.5) is 0 Å². The molecule has 2 aromatic rings. The Morgan fingerprint density at radius 2 is 1.82 bits per heavy atom. The van der Waals surface area contributed by atoms with Crippen LogP contribution in [0.3, 0.4) is 0 Å². The van der Waals surface area contributed by atoms with Crippen molar-refractivity contribution < 1.29 is 14.1 Å². The third kappa shape index (κ3) is 4.98. The number of hydrogen-bond acceptors (Lipinski definition) is 5. The van der Waals surface area contributed by atoms with E-state index in [-0.39, 0.29) is 5.91 Å². The van der Waals surface area contributed by atoms with Crippen molar-refractivity contribution in [2.75, 3.05) is 26.3 Å². The molecule has 0 saturated carbocycles. The first-order valence-electron chi connectivity index (χ1n) is 10.5. The van der Waals surface area contributed by atoms with E-state index in [1.165, 1.54) is 5.56 Å². The molecule has 0 atom stereocenters. The molecule has 6 nitrogen and oxygen atoms in total. The fourth-order valence-electron chi connectivity index (χ4n) is 4.16. The van der Waals surface area contributed by atoms with Crippen LogP contribution in [0.5, 0.6) is 0 Å². The number of likely N-dealkylation sites (tertiary alicyclic amines) is 1. The number of amides is 1. The van der Waals surface area contributed by atoms with Crippen LogP contribution in [0.2, 0.25) is 0 Å². The molecule has 6 heteroatoms. The van der Waals surface area contributed by atoms with Crippen LogP contribution in [0.25, 0.3) is 0 Å². The second kappa shape index (κ2) is 9.32. The number of aromatic nitrogens is 2. The minimum Gasteiger partial charge on any atom is -0.381 e. The molecule has 0 N–H and O–H groups in total. The van der Waals surface area contributed by atoms with Gasteiger partial charge in [-0.3, -0.25) is 4.79 Å². The van der Waals surface area contributed by atoms with Gasteiger partial charge in [-0.1, -0.05) is 35.5 Å². The summed E-state index contributed by atoms with van der Waals surface area (Å²) in [5.74, 6) is 2.74. The third-order valence-electron chi connectivity index (χ3n) is 5.97. The summed E-state index contributed by atoms with van der Waals surface area (Å²) in [4.78, 5) is 19.1. The minimum atomic E-state index is 0.266. The number of hydrogen-bond donors (Lipinski definition) is 0. The summed E-state index contributed by atoms with van der Waals surface area (Å²) in [5, 5.41) is 4.20. The number of carbonyl (C=O) groups is 1. The molecule has 0 aliphatic carbocycles. The molecule has 0 spiro atoms. The molecule has 1 aromatic heterocycles. The van der Waals surface area contributed by atoms with E-state index in [2.05, 4.69) is 22.3 Å². The highest BCUT2D eigenvalue weighted by atomic mass is 16.5. The van der Waals surface area contributed by atoms with E-state index in [0.29, 0.717) is 18.3 Å². The lowest BCUT2D eigenvalue weighted by molar-refractivity contribution is -0.132. The Morgan fingerprint density at radius 3 is 2.57 bits per heavy atom. The zero-order chi connectivity index (χ0) is 19.2. The van der Waals surface area contributed by atoms with Crippen molar-refractivity contribution in [2.24, 2.45) is 5.92 Å². The molecule has 0 bridgehead atoms. The highest BCUT2D eigenvalue weighted by Gasteiger charge is 2.26. The molecule has 1 aromatic carbocycles. The van der Waals surface area contributed by atoms with Gasteiger partial charge in [0.15, 0.2) is 5.82 Å². The van der Waals surface area contributed by atoms with Crippen molar-refractivity contribution in [1.29, 1.82) is 0 Å². The third-order valence-corrected chi connectivity index (χ3v) is 5.97. The SMILES string of the molecule is O=C(CCc1ccccc1)N1CCC(Cc2nc(C3CCOCC3)no2)CC1. The molecule has 150 valence electrons. The van der Waals surface area contributed by atoms with Crippen molar-refractivity contribution in [3.8, 4) is 0 Å². The van der Waals surface area contributed by atoms with E-state index in [9.17, 15) is 4.79 Å². The summed E-state index contributed by atoms with van der Waals surface area (Å²) < 4.78 is 10.9. The van der Waals surface area contributed by atoms with Crippen LogP contribution in [-0.2, 0) is 22.4 Å². The van der Waals surface area contributed by atoms with Gasteiger partial charge in [-0.15, -0.1) is 0 Å². The maximum absolute atomic E-state index is 12.5. The van der Waals surface area contributed by atoms with Gasteiger partial charge in [0.1, 0.15) is 0 Å². The van der Waals surface area contributed by atoms with E-state index < -0.39 is 0 Å². The van der Waals surface area contributed by atoms with Gasteiger partial charge >= 0.3 is 0 Å². The molecular formula is C22H29N3O3. The van der Waals surface area contributed by atoms with Crippen molar-refractivity contribution in [1.82, 2.24) is 15.0 Å². The Balaban J connectivity index is 1.21. The maximum Gasteiger partial charge on any atom is 0.226 e. The lowest BCUT2D eigenvalue weighted by Crippen LogP contribution is -2.39. The van der Waals surface area contributed by atoms with Crippen LogP contribution in [-0.4, -0.2) is 47.3 Å². The fraction of sp³-hybridized carbons (Fsp3) is 0.591. The largest absolute Gasteiger partial charge is 0.381 e. The van der Waals surface area contributed by atoms with Crippen LogP contribution < -0.4 is 0 Å². The van der Waals surface area contributed by atoms with Gasteiger partial charge in [0, 0.05) is 45.1 Å². The minimum absolute atomic E-state index is 0.266. The van der Waals surface area contributed by atoms with E-state index in [4.69, 9.17) is 9.26 Å². The zero-order valence-corrected chi connectivity index (χ0v) is 16.4. The first-order valence-corrected chi connectivity index (χ1v) is 10.5. The molecular weight excluding hydrogens is 354 g/mol. The van der Waals surface area contributed by atoms with Crippen molar-refractivity contribution in [3.63, 3.8) is 0 Å². The summed E-state index contributed by atoms with van der Waals surface area (Å²) >= 11 is 0. The van der Waals surface area contributed by atoms with Crippen molar-refractivity contribution in [2.45, 2.75) is 50.9 Å². The van der Waals surface area contributed by atoms with Gasteiger partial charge in [0.25, 0.3) is 0 Å². The predicted molar refractivity (Wildman–Crippen MR) is 105 cm³/mol. The van der Waals surface area contributed by atoms with E-state index in [1.54, 1.807) is 0 Å². The summed E-state index contributed by atoms with van der Waals surface area (Å²) in [6, 6.07) is 10.2. The Hall–Kier alpha value is -2.21. The second-order valence-corrected chi connectivity index (χ2v) is 7.95. The van der Waals surface area contributed by atoms with Crippen LogP contribution in [0.1, 0.15) is 55.3 Å². The van der Waals surface area contributed by atoms with Crippen molar-refractivity contribution in [3.05, 3.63) is 47.6 Å². The van der Waals surface area contributed by atoms with Gasteiger partial charge in [-0.05, 0) is 43.6 Å². The summed E-state index contributed by atoms with van der Waals surface area (Å²) in [6.07, 6.45) is 6.19. The molecule has 2 aliphatic heterocycles. The Morgan fingerprint density at radius 1 is 1.07 bits per heavy atom. The lowest BCUT2D eigenvalue weighted by atomic mass is 9.93. The van der Waals surface area contributed by atoms with Gasteiger partial charge < -0.3 is 14.2 Å². The highest BCUT2D eigenvalue weighted by molar-refractivity contribution is 5.76. The smallest absolute Gasteiger partial charge is 0.226 e. The number of nitrogens with zero attached hydrogens (tertiary/aromatic N) is 3. The Bertz CT molecular complexity index is 747. The van der Waals surface area contributed by atoms with Gasteiger partial charge in [0.2, 0.25) is 11.8 Å². The topological polar surface area (TPSA) is 68.5 Å². The summed E-state index contributed by atoms with van der Waals surface area (Å²) in [5.41, 5.74) is 1.22. The first-order chi connectivity index (χ1) is 13.8. The second-order valence-electron chi connectivity index (χ2n) is 7.95. The molecule has 28 heavy (non-hydrogen) atoms. The quantitative estimate of drug-likeness (QED) is 0.765. The zero-order valence-electron chi connectivity index (χ0n) is 16.4. The predicted octanol–water partition coefficient (Wildman–Crippen LogP) is 3.38. The van der Waals surface area contributed by atoms with Gasteiger partial charge in [0.05, 0.1) is 0 Å². The molecule has 2 aliphatic rings. The number of carbonyl (C=O) groups excluding carboxylic acids is 1. The molecule has 2 saturated heterocycles. The number of ether oxygens (including phenoxy) is 1. The Kier molecular flexibility index (Phi) is 6.37. The van der Waals surface area contributed by atoms with E-state index in [0.717, 1.165) is 76.5 Å². The molecule has 4 rings (SSSR count). The van der Waals surface area contributed by atoms with E-state index in [1.807, 2.05) is 23.1 Å². The molecule has 2 fully saturated rings. The van der Waals surface area contributed by atoms with Gasteiger partial charge in [-0.25, -0.2) is 0 Å². The number of benzene rings is 1. The average molecular weight is 383 g/mol. The summed E-state index contributed by atoms with van der Waals surface area (Å²) in [7, 11) is 0. The standard InChI is InChI=1S/C22H29N3O3/c26-21(7-6-17-4-2-1-3-5-17)25-12-8-18(9-13-25)16-20-23-22(24-28-20)19-10-14-27-15-11-19/h1-5,18-19H,6-16H2. The highest BCUT2D eigenvalue weighted by Crippen LogP contribution is 2.26. The maximum atomic E-state index is 12.5. The molecule has 0 unspecified atom stereocenters. The van der Waals surface area contributed by atoms with E-state index >= 15 is 0 Å². The summed E-state index contributed by atoms with van der Waals surface area (Å²) in [6.45, 7) is 3.23. The van der Waals surface area contributed by atoms with Crippen LogP contribution >= 0.6 is 0 Å². The van der Waals surface area contributed by atoms with Crippen LogP contribution in [0.15, 0.2) is 34.9 Å².